The number of nitrogens with one attached hydrogen (secondary N) is 2. The third-order valence-corrected chi connectivity index (χ3v) is 3.10. The van der Waals surface area contributed by atoms with Gasteiger partial charge in [-0.2, -0.15) is 0 Å². The largest absolute Gasteiger partial charge is 0.467 e. The molecule has 1 aromatic heterocycles. The van der Waals surface area contributed by atoms with Crippen molar-refractivity contribution < 1.29 is 13.9 Å². The van der Waals surface area contributed by atoms with Crippen molar-refractivity contribution in [2.75, 3.05) is 13.7 Å². The molecule has 2 rings (SSSR count). The first-order valence-corrected chi connectivity index (χ1v) is 6.88. The maximum atomic E-state index is 11.9. The van der Waals surface area contributed by atoms with E-state index in [1.54, 1.807) is 37.6 Å². The molecule has 0 aliphatic carbocycles. The van der Waals surface area contributed by atoms with Crippen molar-refractivity contribution in [3.8, 4) is 0 Å². The van der Waals surface area contributed by atoms with E-state index in [-0.39, 0.29) is 12.1 Å². The highest BCUT2D eigenvalue weighted by molar-refractivity contribution is 6.30. The molecule has 0 radical (unpaired) electrons. The van der Waals surface area contributed by atoms with Crippen LogP contribution in [0.3, 0.4) is 0 Å². The quantitative estimate of drug-likeness (QED) is 0.862. The zero-order valence-electron chi connectivity index (χ0n) is 11.6. The molecule has 0 aliphatic rings. The zero-order valence-corrected chi connectivity index (χ0v) is 12.4. The normalized spacial score (nSPS) is 11.9. The Balaban J connectivity index is 1.88. The van der Waals surface area contributed by atoms with Gasteiger partial charge in [0.05, 0.1) is 12.9 Å². The predicted octanol–water partition coefficient (Wildman–Crippen LogP) is 3.12. The summed E-state index contributed by atoms with van der Waals surface area (Å²) < 4.78 is 10.4. The highest BCUT2D eigenvalue weighted by atomic mass is 35.5. The van der Waals surface area contributed by atoms with Gasteiger partial charge in [0.2, 0.25) is 0 Å². The minimum atomic E-state index is -0.329. The number of methoxy groups -OCH3 is 1. The lowest BCUT2D eigenvalue weighted by atomic mass is 10.2. The number of rotatable bonds is 6. The van der Waals surface area contributed by atoms with Crippen molar-refractivity contribution >= 4 is 17.6 Å². The fourth-order valence-electron chi connectivity index (χ4n) is 1.89. The SMILES string of the molecule is COC[C@@H](NC(=O)NCc1cccc(Cl)c1)c1ccco1. The molecule has 0 unspecified atom stereocenters. The Morgan fingerprint density at radius 1 is 1.38 bits per heavy atom. The van der Waals surface area contributed by atoms with E-state index in [4.69, 9.17) is 20.8 Å². The number of ether oxygens (including phenoxy) is 1. The first-order chi connectivity index (χ1) is 10.2. The Morgan fingerprint density at radius 3 is 2.90 bits per heavy atom. The number of benzene rings is 1. The molecule has 0 saturated carbocycles. The summed E-state index contributed by atoms with van der Waals surface area (Å²) in [6.45, 7) is 0.725. The Kier molecular flexibility index (Phi) is 5.66. The molecule has 2 amide bonds. The van der Waals surface area contributed by atoms with Gasteiger partial charge in [-0.3, -0.25) is 0 Å². The van der Waals surface area contributed by atoms with E-state index in [0.717, 1.165) is 5.56 Å². The van der Waals surface area contributed by atoms with Crippen molar-refractivity contribution in [1.29, 1.82) is 0 Å². The lowest BCUT2D eigenvalue weighted by Crippen LogP contribution is -2.39. The van der Waals surface area contributed by atoms with Gasteiger partial charge >= 0.3 is 6.03 Å². The first-order valence-electron chi connectivity index (χ1n) is 6.50. The highest BCUT2D eigenvalue weighted by Gasteiger charge is 2.16. The second-order valence-electron chi connectivity index (χ2n) is 4.48. The molecule has 0 saturated heterocycles. The van der Waals surface area contributed by atoms with E-state index >= 15 is 0 Å². The number of urea groups is 1. The summed E-state index contributed by atoms with van der Waals surface area (Å²) in [5.41, 5.74) is 0.930. The molecule has 1 aromatic carbocycles. The Hall–Kier alpha value is -1.98. The zero-order chi connectivity index (χ0) is 15.1. The molecule has 2 N–H and O–H groups in total. The van der Waals surface area contributed by atoms with Crippen molar-refractivity contribution in [3.05, 3.63) is 59.0 Å². The fourth-order valence-corrected chi connectivity index (χ4v) is 2.10. The standard InChI is InChI=1S/C15H17ClN2O3/c1-20-10-13(14-6-3-7-21-14)18-15(19)17-9-11-4-2-5-12(16)8-11/h2-8,13H,9-10H2,1H3,(H2,17,18,19)/t13-/m1/s1. The van der Waals surface area contributed by atoms with Crippen molar-refractivity contribution in [2.24, 2.45) is 0 Å². The molecule has 0 aliphatic heterocycles. The van der Waals surface area contributed by atoms with Crippen LogP contribution in [0.25, 0.3) is 0 Å². The maximum absolute atomic E-state index is 11.9. The fraction of sp³-hybridized carbons (Fsp3) is 0.267. The summed E-state index contributed by atoms with van der Waals surface area (Å²) >= 11 is 5.90. The van der Waals surface area contributed by atoms with Gasteiger partial charge in [0.15, 0.2) is 0 Å². The van der Waals surface area contributed by atoms with Crippen LogP contribution in [0.15, 0.2) is 47.1 Å². The number of halogens is 1. The lowest BCUT2D eigenvalue weighted by Gasteiger charge is -2.16. The van der Waals surface area contributed by atoms with Gasteiger partial charge in [-0.25, -0.2) is 4.79 Å². The summed E-state index contributed by atoms with van der Waals surface area (Å²) in [6.07, 6.45) is 1.56. The van der Waals surface area contributed by atoms with Crippen LogP contribution < -0.4 is 10.6 Å². The molecular formula is C15H17ClN2O3. The second-order valence-corrected chi connectivity index (χ2v) is 4.92. The Morgan fingerprint density at radius 2 is 2.24 bits per heavy atom. The van der Waals surface area contributed by atoms with Crippen LogP contribution in [0, 0.1) is 0 Å². The van der Waals surface area contributed by atoms with Crippen molar-refractivity contribution in [1.82, 2.24) is 10.6 Å². The number of furan rings is 1. The summed E-state index contributed by atoms with van der Waals surface area (Å²) in [5.74, 6) is 0.648. The smallest absolute Gasteiger partial charge is 0.315 e. The van der Waals surface area contributed by atoms with Crippen molar-refractivity contribution in [3.63, 3.8) is 0 Å². The molecule has 5 nitrogen and oxygen atoms in total. The molecule has 0 fully saturated rings. The van der Waals surface area contributed by atoms with Gasteiger partial charge in [0.25, 0.3) is 0 Å². The van der Waals surface area contributed by atoms with Crippen LogP contribution in [0.2, 0.25) is 5.02 Å². The van der Waals surface area contributed by atoms with Crippen LogP contribution in [0.1, 0.15) is 17.4 Å². The summed E-state index contributed by atoms with van der Waals surface area (Å²) in [6, 6.07) is 10.3. The third kappa shape index (κ3) is 4.81. The van der Waals surface area contributed by atoms with E-state index in [2.05, 4.69) is 10.6 Å². The summed E-state index contributed by atoms with van der Waals surface area (Å²) in [7, 11) is 1.57. The van der Waals surface area contributed by atoms with Gasteiger partial charge in [0.1, 0.15) is 11.8 Å². The molecule has 6 heteroatoms. The lowest BCUT2D eigenvalue weighted by molar-refractivity contribution is 0.157. The number of carbonyl (C=O) groups excluding carboxylic acids is 1. The average Bonchev–Trinajstić information content (AvgIpc) is 2.99. The maximum Gasteiger partial charge on any atom is 0.315 e. The van der Waals surface area contributed by atoms with Gasteiger partial charge in [-0.05, 0) is 29.8 Å². The van der Waals surface area contributed by atoms with E-state index in [1.165, 1.54) is 0 Å². The van der Waals surface area contributed by atoms with Gasteiger partial charge in [-0.15, -0.1) is 0 Å². The number of hydrogen-bond donors (Lipinski definition) is 2. The van der Waals surface area contributed by atoms with Gasteiger partial charge < -0.3 is 19.8 Å². The Bertz CT molecular complexity index is 572. The predicted molar refractivity (Wildman–Crippen MR) is 80.1 cm³/mol. The van der Waals surface area contributed by atoms with Gasteiger partial charge in [0, 0.05) is 18.7 Å². The molecule has 1 heterocycles. The third-order valence-electron chi connectivity index (χ3n) is 2.87. The number of hydrogen-bond acceptors (Lipinski definition) is 3. The minimum absolute atomic E-state index is 0.298. The van der Waals surface area contributed by atoms with Crippen LogP contribution in [0.5, 0.6) is 0 Å². The molecule has 0 bridgehead atoms. The summed E-state index contributed by atoms with van der Waals surface area (Å²) in [4.78, 5) is 11.9. The van der Waals surface area contributed by atoms with E-state index < -0.39 is 0 Å². The second kappa shape index (κ2) is 7.71. The molecular weight excluding hydrogens is 292 g/mol. The van der Waals surface area contributed by atoms with Crippen molar-refractivity contribution in [2.45, 2.75) is 12.6 Å². The Labute approximate surface area is 128 Å². The number of carbonyl (C=O) groups is 1. The van der Waals surface area contributed by atoms with Crippen LogP contribution >= 0.6 is 11.6 Å². The molecule has 1 atom stereocenters. The first kappa shape index (κ1) is 15.4. The van der Waals surface area contributed by atoms with Crippen LogP contribution in [0.4, 0.5) is 4.79 Å². The minimum Gasteiger partial charge on any atom is -0.467 e. The molecule has 21 heavy (non-hydrogen) atoms. The molecule has 2 aromatic rings. The monoisotopic (exact) mass is 308 g/mol. The number of amides is 2. The van der Waals surface area contributed by atoms with Gasteiger partial charge in [-0.1, -0.05) is 23.7 Å². The van der Waals surface area contributed by atoms with E-state index in [9.17, 15) is 4.79 Å². The van der Waals surface area contributed by atoms with E-state index in [1.807, 2.05) is 12.1 Å². The molecule has 0 spiro atoms. The molecule has 112 valence electrons. The average molecular weight is 309 g/mol. The highest BCUT2D eigenvalue weighted by Crippen LogP contribution is 2.14. The van der Waals surface area contributed by atoms with Crippen LogP contribution in [-0.2, 0) is 11.3 Å². The summed E-state index contributed by atoms with van der Waals surface area (Å²) in [5, 5.41) is 6.22. The van der Waals surface area contributed by atoms with Crippen LogP contribution in [-0.4, -0.2) is 19.7 Å². The topological polar surface area (TPSA) is 63.5 Å². The van der Waals surface area contributed by atoms with E-state index in [0.29, 0.717) is 23.9 Å².